The van der Waals surface area contributed by atoms with E-state index in [4.69, 9.17) is 9.47 Å². The second kappa shape index (κ2) is 4.47. The predicted octanol–water partition coefficient (Wildman–Crippen LogP) is 2.58. The van der Waals surface area contributed by atoms with Crippen LogP contribution in [-0.2, 0) is 14.3 Å². The molecule has 0 N–H and O–H groups in total. The Morgan fingerprint density at radius 2 is 2.00 bits per heavy atom. The monoisotopic (exact) mass is 212 g/mol. The molecule has 4 heteroatoms. The van der Waals surface area contributed by atoms with Gasteiger partial charge in [0.2, 0.25) is 0 Å². The molecule has 0 unspecified atom stereocenters. The zero-order chi connectivity index (χ0) is 11.5. The van der Waals surface area contributed by atoms with Crippen LogP contribution in [0.15, 0.2) is 11.8 Å². The van der Waals surface area contributed by atoms with Crippen molar-refractivity contribution in [2.24, 2.45) is 0 Å². The van der Waals surface area contributed by atoms with Crippen molar-refractivity contribution in [3.63, 3.8) is 0 Å². The van der Waals surface area contributed by atoms with Crippen molar-refractivity contribution in [2.45, 2.75) is 45.6 Å². The van der Waals surface area contributed by atoms with Gasteiger partial charge in [0.25, 0.3) is 0 Å². The van der Waals surface area contributed by atoms with Crippen molar-refractivity contribution in [1.29, 1.82) is 0 Å². The first-order valence-electron chi connectivity index (χ1n) is 5.01. The van der Waals surface area contributed by atoms with Gasteiger partial charge in [0, 0.05) is 18.9 Å². The van der Waals surface area contributed by atoms with E-state index in [1.165, 1.54) is 6.08 Å². The van der Waals surface area contributed by atoms with Gasteiger partial charge in [0.05, 0.1) is 0 Å². The Hall–Kier alpha value is -1.32. The summed E-state index contributed by atoms with van der Waals surface area (Å²) in [4.78, 5) is 22.3. The Kier molecular flexibility index (Phi) is 3.50. The summed E-state index contributed by atoms with van der Waals surface area (Å²) >= 11 is 0. The molecule has 1 aliphatic rings. The zero-order valence-corrected chi connectivity index (χ0v) is 9.33. The first kappa shape index (κ1) is 11.8. The topological polar surface area (TPSA) is 52.6 Å². The number of hydrogen-bond donors (Lipinski definition) is 0. The minimum Gasteiger partial charge on any atom is -0.428 e. The highest BCUT2D eigenvalue weighted by molar-refractivity contribution is 5.91. The van der Waals surface area contributed by atoms with Crippen LogP contribution >= 0.6 is 0 Å². The van der Waals surface area contributed by atoms with E-state index in [0.29, 0.717) is 18.6 Å². The number of carbonyl (C=O) groups is 2. The standard InChI is InChI=1S/C11H16O4/c1-11(2,3)15-10(13)14-9-6-4-5-8(12)7-9/h7H,4-6H2,1-3H3. The Labute approximate surface area is 89.2 Å². The minimum atomic E-state index is -0.747. The third-order valence-electron chi connectivity index (χ3n) is 1.77. The molecule has 0 saturated heterocycles. The Morgan fingerprint density at radius 1 is 1.33 bits per heavy atom. The van der Waals surface area contributed by atoms with Crippen LogP contribution in [0.5, 0.6) is 0 Å². The molecular formula is C11H16O4. The molecule has 0 amide bonds. The SMILES string of the molecule is CC(C)(C)OC(=O)OC1=CC(=O)CCC1. The number of rotatable bonds is 1. The van der Waals surface area contributed by atoms with E-state index in [1.807, 2.05) is 0 Å². The summed E-state index contributed by atoms with van der Waals surface area (Å²) < 4.78 is 9.88. The van der Waals surface area contributed by atoms with E-state index in [2.05, 4.69) is 0 Å². The van der Waals surface area contributed by atoms with Crippen molar-refractivity contribution in [3.8, 4) is 0 Å². The van der Waals surface area contributed by atoms with Crippen molar-refractivity contribution < 1.29 is 19.1 Å². The number of ketones is 1. The summed E-state index contributed by atoms with van der Waals surface area (Å²) in [5.74, 6) is 0.403. The lowest BCUT2D eigenvalue weighted by Gasteiger charge is -2.20. The van der Waals surface area contributed by atoms with E-state index in [0.717, 1.165) is 6.42 Å². The van der Waals surface area contributed by atoms with Gasteiger partial charge < -0.3 is 9.47 Å². The molecule has 0 aliphatic heterocycles. The summed E-state index contributed by atoms with van der Waals surface area (Å²) in [5, 5.41) is 0. The van der Waals surface area contributed by atoms with Crippen LogP contribution in [0, 0.1) is 0 Å². The predicted molar refractivity (Wildman–Crippen MR) is 54.3 cm³/mol. The molecule has 0 fully saturated rings. The van der Waals surface area contributed by atoms with Gasteiger partial charge in [0.15, 0.2) is 5.78 Å². The first-order chi connectivity index (χ1) is 6.87. The van der Waals surface area contributed by atoms with E-state index < -0.39 is 11.8 Å². The van der Waals surface area contributed by atoms with Crippen LogP contribution in [0.3, 0.4) is 0 Å². The third-order valence-corrected chi connectivity index (χ3v) is 1.77. The average molecular weight is 212 g/mol. The van der Waals surface area contributed by atoms with Gasteiger partial charge in [-0.2, -0.15) is 0 Å². The Morgan fingerprint density at radius 3 is 2.53 bits per heavy atom. The van der Waals surface area contributed by atoms with Crippen LogP contribution in [0.2, 0.25) is 0 Å². The molecule has 1 aliphatic carbocycles. The van der Waals surface area contributed by atoms with E-state index in [-0.39, 0.29) is 5.78 Å². The Bertz CT molecular complexity index is 296. The van der Waals surface area contributed by atoms with Crippen LogP contribution in [0.1, 0.15) is 40.0 Å². The normalized spacial score (nSPS) is 17.0. The van der Waals surface area contributed by atoms with E-state index >= 15 is 0 Å². The summed E-state index contributed by atoms with van der Waals surface area (Å²) in [7, 11) is 0. The van der Waals surface area contributed by atoms with Gasteiger partial charge in [-0.3, -0.25) is 4.79 Å². The van der Waals surface area contributed by atoms with Gasteiger partial charge in [-0.05, 0) is 27.2 Å². The molecule has 0 aromatic heterocycles. The zero-order valence-electron chi connectivity index (χ0n) is 9.33. The molecule has 0 radical (unpaired) electrons. The van der Waals surface area contributed by atoms with Crippen LogP contribution in [0.25, 0.3) is 0 Å². The van der Waals surface area contributed by atoms with Crippen molar-refractivity contribution in [1.82, 2.24) is 0 Å². The molecule has 15 heavy (non-hydrogen) atoms. The lowest BCUT2D eigenvalue weighted by atomic mass is 10.1. The number of carbonyl (C=O) groups excluding carboxylic acids is 2. The lowest BCUT2D eigenvalue weighted by molar-refractivity contribution is -0.115. The first-order valence-corrected chi connectivity index (χ1v) is 5.01. The summed E-state index contributed by atoms with van der Waals surface area (Å²) in [6.45, 7) is 5.28. The van der Waals surface area contributed by atoms with E-state index in [9.17, 15) is 9.59 Å². The number of allylic oxidation sites excluding steroid dienone is 2. The molecule has 0 heterocycles. The van der Waals surface area contributed by atoms with Gasteiger partial charge in [0.1, 0.15) is 11.4 Å². The van der Waals surface area contributed by atoms with Gasteiger partial charge in [-0.1, -0.05) is 0 Å². The van der Waals surface area contributed by atoms with Crippen LogP contribution in [-0.4, -0.2) is 17.5 Å². The maximum Gasteiger partial charge on any atom is 0.514 e. The summed E-state index contributed by atoms with van der Waals surface area (Å²) in [6, 6.07) is 0. The fourth-order valence-corrected chi connectivity index (χ4v) is 1.22. The van der Waals surface area contributed by atoms with Gasteiger partial charge in [-0.25, -0.2) is 4.79 Å². The van der Waals surface area contributed by atoms with Crippen LogP contribution in [0.4, 0.5) is 4.79 Å². The van der Waals surface area contributed by atoms with Gasteiger partial charge in [-0.15, -0.1) is 0 Å². The molecule has 4 nitrogen and oxygen atoms in total. The molecule has 1 rings (SSSR count). The minimum absolute atomic E-state index is 0.000177. The fraction of sp³-hybridized carbons (Fsp3) is 0.636. The average Bonchev–Trinajstić information content (AvgIpc) is 1.99. The van der Waals surface area contributed by atoms with Crippen molar-refractivity contribution >= 4 is 11.9 Å². The molecular weight excluding hydrogens is 196 g/mol. The second-order valence-corrected chi connectivity index (χ2v) is 4.50. The third kappa shape index (κ3) is 4.63. The quantitative estimate of drug-likeness (QED) is 0.627. The molecule has 0 saturated carbocycles. The maximum atomic E-state index is 11.2. The number of ether oxygens (including phenoxy) is 2. The van der Waals surface area contributed by atoms with Crippen molar-refractivity contribution in [2.75, 3.05) is 0 Å². The fourth-order valence-electron chi connectivity index (χ4n) is 1.22. The summed E-state index contributed by atoms with van der Waals surface area (Å²) in [5.41, 5.74) is -0.573. The molecule has 0 spiro atoms. The van der Waals surface area contributed by atoms with E-state index in [1.54, 1.807) is 20.8 Å². The summed E-state index contributed by atoms with van der Waals surface area (Å²) in [6.07, 6.45) is 2.50. The second-order valence-electron chi connectivity index (χ2n) is 4.50. The van der Waals surface area contributed by atoms with Gasteiger partial charge >= 0.3 is 6.16 Å². The van der Waals surface area contributed by atoms with Crippen molar-refractivity contribution in [3.05, 3.63) is 11.8 Å². The Balaban J connectivity index is 2.48. The maximum absolute atomic E-state index is 11.2. The number of hydrogen-bond acceptors (Lipinski definition) is 4. The molecule has 0 aromatic rings. The lowest BCUT2D eigenvalue weighted by Crippen LogP contribution is -2.24. The smallest absolute Gasteiger partial charge is 0.428 e. The molecule has 0 atom stereocenters. The largest absolute Gasteiger partial charge is 0.514 e. The molecule has 0 bridgehead atoms. The highest BCUT2D eigenvalue weighted by Crippen LogP contribution is 2.18. The highest BCUT2D eigenvalue weighted by atomic mass is 16.7. The molecule has 0 aromatic carbocycles. The molecule has 84 valence electrons. The highest BCUT2D eigenvalue weighted by Gasteiger charge is 2.20. The van der Waals surface area contributed by atoms with Crippen LogP contribution < -0.4 is 0 Å².